The number of hydrogen-bond acceptors (Lipinski definition) is 5. The molecule has 0 aliphatic rings. The second-order valence-electron chi connectivity index (χ2n) is 8.34. The molecule has 8 heteroatoms. The second kappa shape index (κ2) is 12.9. The van der Waals surface area contributed by atoms with Crippen molar-refractivity contribution < 1.29 is 19.1 Å². The number of benzene rings is 3. The highest BCUT2D eigenvalue weighted by molar-refractivity contribution is 14.1. The number of aryl methyl sites for hydroxylation is 2. The molecule has 3 aromatic rings. The van der Waals surface area contributed by atoms with Crippen LogP contribution in [0.25, 0.3) is 6.08 Å². The molecular formula is C29H28IN3O4. The lowest BCUT2D eigenvalue weighted by Gasteiger charge is -2.15. The highest BCUT2D eigenvalue weighted by Crippen LogP contribution is 2.35. The Morgan fingerprint density at radius 1 is 1.03 bits per heavy atom. The van der Waals surface area contributed by atoms with E-state index >= 15 is 0 Å². The van der Waals surface area contributed by atoms with Gasteiger partial charge in [0.05, 0.1) is 10.2 Å². The number of ether oxygens (including phenoxy) is 2. The standard InChI is InChI=1S/C29H28IN3O4/c1-5-36-26-15-21(13-22(16-31)29(35)33-25-8-6-7-19(3)20(25)4)14-24(30)28(26)37-17-27(34)32-23-11-9-18(2)10-12-23/h6-15H,5,17H2,1-4H3,(H,32,34)(H,33,35)/b22-13+. The lowest BCUT2D eigenvalue weighted by molar-refractivity contribution is -0.118. The third kappa shape index (κ3) is 7.57. The minimum Gasteiger partial charge on any atom is -0.490 e. The average Bonchev–Trinajstić information content (AvgIpc) is 2.86. The third-order valence-electron chi connectivity index (χ3n) is 5.54. The summed E-state index contributed by atoms with van der Waals surface area (Å²) in [4.78, 5) is 25.2. The summed E-state index contributed by atoms with van der Waals surface area (Å²) in [5, 5.41) is 15.3. The molecule has 0 saturated heterocycles. The van der Waals surface area contributed by atoms with Gasteiger partial charge in [-0.05, 0) is 103 Å². The zero-order valence-electron chi connectivity index (χ0n) is 21.1. The molecule has 0 atom stereocenters. The molecule has 0 fully saturated rings. The van der Waals surface area contributed by atoms with Crippen molar-refractivity contribution in [3.05, 3.63) is 86.0 Å². The maximum absolute atomic E-state index is 12.8. The molecule has 7 nitrogen and oxygen atoms in total. The fourth-order valence-electron chi connectivity index (χ4n) is 3.44. The highest BCUT2D eigenvalue weighted by Gasteiger charge is 2.16. The molecule has 190 valence electrons. The first kappa shape index (κ1) is 27.7. The molecule has 0 unspecified atom stereocenters. The number of amides is 2. The van der Waals surface area contributed by atoms with E-state index < -0.39 is 5.91 Å². The van der Waals surface area contributed by atoms with Crippen LogP contribution in [0, 0.1) is 35.7 Å². The summed E-state index contributed by atoms with van der Waals surface area (Å²) in [6, 6.07) is 18.5. The van der Waals surface area contributed by atoms with Gasteiger partial charge < -0.3 is 20.1 Å². The molecule has 0 spiro atoms. The summed E-state index contributed by atoms with van der Waals surface area (Å²) >= 11 is 2.08. The van der Waals surface area contributed by atoms with Crippen LogP contribution in [-0.2, 0) is 9.59 Å². The molecule has 2 N–H and O–H groups in total. The Balaban J connectivity index is 1.78. The summed E-state index contributed by atoms with van der Waals surface area (Å²) in [5.41, 5.74) is 4.96. The van der Waals surface area contributed by atoms with Gasteiger partial charge in [0.1, 0.15) is 11.6 Å². The molecule has 0 aliphatic heterocycles. The molecule has 0 radical (unpaired) electrons. The van der Waals surface area contributed by atoms with Crippen molar-refractivity contribution in [2.24, 2.45) is 0 Å². The number of rotatable bonds is 9. The number of nitrogens with zero attached hydrogens (tertiary/aromatic N) is 1. The largest absolute Gasteiger partial charge is 0.490 e. The van der Waals surface area contributed by atoms with Crippen molar-refractivity contribution in [2.45, 2.75) is 27.7 Å². The lowest BCUT2D eigenvalue weighted by Crippen LogP contribution is -2.20. The van der Waals surface area contributed by atoms with Crippen LogP contribution in [0.1, 0.15) is 29.2 Å². The van der Waals surface area contributed by atoms with Crippen LogP contribution in [0.15, 0.2) is 60.2 Å². The Hall–Kier alpha value is -3.84. The number of hydrogen-bond donors (Lipinski definition) is 2. The molecule has 0 heterocycles. The number of carbonyl (C=O) groups is 2. The summed E-state index contributed by atoms with van der Waals surface area (Å²) in [5.74, 6) is 0.0197. The Labute approximate surface area is 230 Å². The van der Waals surface area contributed by atoms with Gasteiger partial charge in [0.15, 0.2) is 18.1 Å². The first-order valence-corrected chi connectivity index (χ1v) is 12.7. The first-order valence-electron chi connectivity index (χ1n) is 11.7. The van der Waals surface area contributed by atoms with Crippen LogP contribution in [0.2, 0.25) is 0 Å². The van der Waals surface area contributed by atoms with Crippen molar-refractivity contribution >= 4 is 51.9 Å². The Morgan fingerprint density at radius 2 is 1.76 bits per heavy atom. The van der Waals surface area contributed by atoms with Gasteiger partial charge in [-0.25, -0.2) is 0 Å². The Kier molecular flexibility index (Phi) is 9.69. The molecular weight excluding hydrogens is 581 g/mol. The number of nitriles is 1. The summed E-state index contributed by atoms with van der Waals surface area (Å²) in [7, 11) is 0. The molecule has 3 aromatic carbocycles. The second-order valence-corrected chi connectivity index (χ2v) is 9.50. The molecule has 0 bridgehead atoms. The van der Waals surface area contributed by atoms with Crippen molar-refractivity contribution in [1.82, 2.24) is 0 Å². The van der Waals surface area contributed by atoms with Crippen LogP contribution < -0.4 is 20.1 Å². The van der Waals surface area contributed by atoms with Gasteiger partial charge in [0.2, 0.25) is 0 Å². The van der Waals surface area contributed by atoms with Crippen molar-refractivity contribution in [3.63, 3.8) is 0 Å². The van der Waals surface area contributed by atoms with Crippen molar-refractivity contribution in [1.29, 1.82) is 5.26 Å². The summed E-state index contributed by atoms with van der Waals surface area (Å²) < 4.78 is 12.2. The number of carbonyl (C=O) groups excluding carboxylic acids is 2. The van der Waals surface area contributed by atoms with E-state index in [1.165, 1.54) is 6.08 Å². The van der Waals surface area contributed by atoms with Gasteiger partial charge in [-0.1, -0.05) is 29.8 Å². The minimum atomic E-state index is -0.503. The van der Waals surface area contributed by atoms with Crippen molar-refractivity contribution in [3.8, 4) is 17.6 Å². The fraction of sp³-hybridized carbons (Fsp3) is 0.207. The predicted octanol–water partition coefficient (Wildman–Crippen LogP) is 6.18. The van der Waals surface area contributed by atoms with E-state index in [0.717, 1.165) is 16.7 Å². The van der Waals surface area contributed by atoms with Gasteiger partial charge in [-0.2, -0.15) is 5.26 Å². The molecule has 2 amide bonds. The monoisotopic (exact) mass is 609 g/mol. The van der Waals surface area contributed by atoms with Gasteiger partial charge in [0.25, 0.3) is 11.8 Å². The SMILES string of the molecule is CCOc1cc(/C=C(\C#N)C(=O)Nc2cccc(C)c2C)cc(I)c1OCC(=O)Nc1ccc(C)cc1. The number of nitrogens with one attached hydrogen (secondary N) is 2. The number of halogens is 1. The number of anilines is 2. The Bertz CT molecular complexity index is 1380. The van der Waals surface area contributed by atoms with E-state index in [0.29, 0.717) is 38.6 Å². The highest BCUT2D eigenvalue weighted by atomic mass is 127. The van der Waals surface area contributed by atoms with Gasteiger partial charge in [-0.3, -0.25) is 9.59 Å². The maximum Gasteiger partial charge on any atom is 0.266 e. The van der Waals surface area contributed by atoms with E-state index in [-0.39, 0.29) is 18.1 Å². The quantitative estimate of drug-likeness (QED) is 0.172. The van der Waals surface area contributed by atoms with E-state index in [1.807, 2.05) is 70.2 Å². The fourth-order valence-corrected chi connectivity index (χ4v) is 4.22. The van der Waals surface area contributed by atoms with Gasteiger partial charge in [-0.15, -0.1) is 0 Å². The topological polar surface area (TPSA) is 100 Å². The van der Waals surface area contributed by atoms with E-state index in [9.17, 15) is 14.9 Å². The minimum absolute atomic E-state index is 0.0506. The zero-order valence-corrected chi connectivity index (χ0v) is 23.3. The van der Waals surface area contributed by atoms with Crippen LogP contribution >= 0.6 is 22.6 Å². The van der Waals surface area contributed by atoms with Crippen molar-refractivity contribution in [2.75, 3.05) is 23.8 Å². The van der Waals surface area contributed by atoms with E-state index in [4.69, 9.17) is 9.47 Å². The summed E-state index contributed by atoms with van der Waals surface area (Å²) in [6.45, 7) is 7.84. The van der Waals surface area contributed by atoms with Crippen LogP contribution in [0.5, 0.6) is 11.5 Å². The van der Waals surface area contributed by atoms with E-state index in [2.05, 4.69) is 33.2 Å². The maximum atomic E-state index is 12.8. The molecule has 0 saturated carbocycles. The van der Waals surface area contributed by atoms with Gasteiger partial charge in [0, 0.05) is 11.4 Å². The Morgan fingerprint density at radius 3 is 2.43 bits per heavy atom. The smallest absolute Gasteiger partial charge is 0.266 e. The molecule has 37 heavy (non-hydrogen) atoms. The van der Waals surface area contributed by atoms with Crippen LogP contribution in [0.4, 0.5) is 11.4 Å². The summed E-state index contributed by atoms with van der Waals surface area (Å²) in [6.07, 6.45) is 1.50. The molecule has 3 rings (SSSR count). The molecule has 0 aliphatic carbocycles. The average molecular weight is 609 g/mol. The van der Waals surface area contributed by atoms with Gasteiger partial charge >= 0.3 is 0 Å². The van der Waals surface area contributed by atoms with Crippen LogP contribution in [0.3, 0.4) is 0 Å². The predicted molar refractivity (Wildman–Crippen MR) is 154 cm³/mol. The third-order valence-corrected chi connectivity index (χ3v) is 6.34. The normalized spacial score (nSPS) is 10.9. The zero-order chi connectivity index (χ0) is 26.9. The first-order chi connectivity index (χ1) is 17.7. The van der Waals surface area contributed by atoms with E-state index in [1.54, 1.807) is 18.2 Å². The van der Waals surface area contributed by atoms with Crippen LogP contribution in [-0.4, -0.2) is 25.0 Å². The lowest BCUT2D eigenvalue weighted by atomic mass is 10.1. The molecule has 0 aromatic heterocycles.